The van der Waals surface area contributed by atoms with Gasteiger partial charge in [0.05, 0.1) is 0 Å². The molecule has 1 amide bonds. The maximum atomic E-state index is 11.3. The molecule has 13 heavy (non-hydrogen) atoms. The first-order chi connectivity index (χ1) is 6.11. The number of nitrogens with one attached hydrogen (secondary N) is 1. The molecule has 76 valence electrons. The molecule has 4 heteroatoms. The van der Waals surface area contributed by atoms with Crippen molar-refractivity contribution in [3.63, 3.8) is 0 Å². The molecule has 0 fully saturated rings. The quantitative estimate of drug-likeness (QED) is 0.652. The van der Waals surface area contributed by atoms with E-state index in [0.717, 1.165) is 19.3 Å². The topological polar surface area (TPSA) is 66.4 Å². The van der Waals surface area contributed by atoms with Crippen molar-refractivity contribution in [2.45, 2.75) is 33.1 Å². The summed E-state index contributed by atoms with van der Waals surface area (Å²) in [5.41, 5.74) is 0. The molecular weight excluding hydrogens is 170 g/mol. The Morgan fingerprint density at radius 3 is 2.38 bits per heavy atom. The summed E-state index contributed by atoms with van der Waals surface area (Å²) in [6, 6.07) is 0. The number of carbonyl (C=O) groups excluding carboxylic acids is 1. The Bertz CT molecular complexity index is 180. The fraction of sp³-hybridized carbons (Fsp3) is 0.778. The van der Waals surface area contributed by atoms with Crippen LogP contribution in [0.15, 0.2) is 0 Å². The Kier molecular flexibility index (Phi) is 5.93. The number of carboxylic acid groups (broad SMARTS) is 1. The summed E-state index contributed by atoms with van der Waals surface area (Å²) in [5.74, 6) is -1.18. The Balaban J connectivity index is 3.84. The summed E-state index contributed by atoms with van der Waals surface area (Å²) in [4.78, 5) is 21.5. The van der Waals surface area contributed by atoms with E-state index in [1.807, 2.05) is 13.8 Å². The minimum atomic E-state index is -1.00. The number of hydrogen-bond donors (Lipinski definition) is 2. The summed E-state index contributed by atoms with van der Waals surface area (Å²) < 4.78 is 0. The molecule has 0 spiro atoms. The van der Waals surface area contributed by atoms with Crippen molar-refractivity contribution in [3.05, 3.63) is 0 Å². The Morgan fingerprint density at radius 2 is 2.00 bits per heavy atom. The van der Waals surface area contributed by atoms with Crippen molar-refractivity contribution in [3.8, 4) is 0 Å². The zero-order chi connectivity index (χ0) is 10.3. The van der Waals surface area contributed by atoms with Crippen LogP contribution in [0.4, 0.5) is 0 Å². The zero-order valence-corrected chi connectivity index (χ0v) is 8.17. The van der Waals surface area contributed by atoms with E-state index in [9.17, 15) is 9.59 Å². The van der Waals surface area contributed by atoms with E-state index in [2.05, 4.69) is 5.32 Å². The zero-order valence-electron chi connectivity index (χ0n) is 8.17. The summed E-state index contributed by atoms with van der Waals surface area (Å²) in [6.45, 7) is 3.66. The van der Waals surface area contributed by atoms with E-state index in [4.69, 9.17) is 5.11 Å². The van der Waals surface area contributed by atoms with Gasteiger partial charge < -0.3 is 10.4 Å². The summed E-state index contributed by atoms with van der Waals surface area (Å²) in [6.07, 6.45) is 2.53. The van der Waals surface area contributed by atoms with Crippen molar-refractivity contribution >= 4 is 11.9 Å². The standard InChI is InChI=1S/C9H17NO3/c1-3-5-7(4-2)9(13)10-6-8(11)12/h7H,3-6H2,1-2H3,(H,10,13)(H,11,12). The monoisotopic (exact) mass is 187 g/mol. The maximum absolute atomic E-state index is 11.3. The number of carboxylic acids is 1. The van der Waals surface area contributed by atoms with E-state index in [-0.39, 0.29) is 18.4 Å². The molecule has 0 aliphatic carbocycles. The predicted molar refractivity (Wildman–Crippen MR) is 49.3 cm³/mol. The predicted octanol–water partition coefficient (Wildman–Crippen LogP) is 1.01. The number of rotatable bonds is 6. The van der Waals surface area contributed by atoms with Crippen LogP contribution in [-0.4, -0.2) is 23.5 Å². The largest absolute Gasteiger partial charge is 0.480 e. The van der Waals surface area contributed by atoms with E-state index >= 15 is 0 Å². The molecular formula is C9H17NO3. The highest BCUT2D eigenvalue weighted by Gasteiger charge is 2.15. The second kappa shape index (κ2) is 6.46. The minimum absolute atomic E-state index is 0.0376. The highest BCUT2D eigenvalue weighted by molar-refractivity contribution is 5.82. The van der Waals surface area contributed by atoms with Crippen LogP contribution in [0.25, 0.3) is 0 Å². The molecule has 0 aromatic rings. The second-order valence-electron chi connectivity index (χ2n) is 3.01. The molecule has 2 N–H and O–H groups in total. The third-order valence-electron chi connectivity index (χ3n) is 1.91. The molecule has 1 atom stereocenters. The summed E-state index contributed by atoms with van der Waals surface area (Å²) in [7, 11) is 0. The van der Waals surface area contributed by atoms with E-state index in [0.29, 0.717) is 0 Å². The highest BCUT2D eigenvalue weighted by Crippen LogP contribution is 2.10. The Labute approximate surface area is 78.3 Å². The molecule has 0 aromatic heterocycles. The molecule has 0 heterocycles. The van der Waals surface area contributed by atoms with Gasteiger partial charge in [-0.15, -0.1) is 0 Å². The first-order valence-electron chi connectivity index (χ1n) is 4.61. The molecule has 0 aromatic carbocycles. The average molecular weight is 187 g/mol. The first-order valence-corrected chi connectivity index (χ1v) is 4.61. The lowest BCUT2D eigenvalue weighted by atomic mass is 10.00. The normalized spacial score (nSPS) is 12.2. The molecule has 0 bridgehead atoms. The van der Waals surface area contributed by atoms with Crippen LogP contribution in [-0.2, 0) is 9.59 Å². The van der Waals surface area contributed by atoms with Crippen molar-refractivity contribution in [2.24, 2.45) is 5.92 Å². The van der Waals surface area contributed by atoms with E-state index in [1.165, 1.54) is 0 Å². The number of hydrogen-bond acceptors (Lipinski definition) is 2. The van der Waals surface area contributed by atoms with E-state index in [1.54, 1.807) is 0 Å². The van der Waals surface area contributed by atoms with Crippen LogP contribution in [0.1, 0.15) is 33.1 Å². The van der Waals surface area contributed by atoms with Crippen LogP contribution in [0.2, 0.25) is 0 Å². The van der Waals surface area contributed by atoms with Crippen LogP contribution < -0.4 is 5.32 Å². The van der Waals surface area contributed by atoms with Gasteiger partial charge in [0, 0.05) is 5.92 Å². The third-order valence-corrected chi connectivity index (χ3v) is 1.91. The van der Waals surface area contributed by atoms with Crippen LogP contribution in [0.3, 0.4) is 0 Å². The van der Waals surface area contributed by atoms with Gasteiger partial charge in [-0.25, -0.2) is 0 Å². The highest BCUT2D eigenvalue weighted by atomic mass is 16.4. The molecule has 0 saturated heterocycles. The van der Waals surface area contributed by atoms with Crippen molar-refractivity contribution < 1.29 is 14.7 Å². The van der Waals surface area contributed by atoms with Gasteiger partial charge in [-0.3, -0.25) is 9.59 Å². The van der Waals surface area contributed by atoms with E-state index < -0.39 is 5.97 Å². The molecule has 0 aliphatic heterocycles. The van der Waals surface area contributed by atoms with Gasteiger partial charge >= 0.3 is 5.97 Å². The van der Waals surface area contributed by atoms with Gasteiger partial charge in [0.15, 0.2) is 0 Å². The maximum Gasteiger partial charge on any atom is 0.322 e. The van der Waals surface area contributed by atoms with Gasteiger partial charge in [-0.05, 0) is 12.8 Å². The van der Waals surface area contributed by atoms with Crippen LogP contribution >= 0.6 is 0 Å². The SMILES string of the molecule is CCCC(CC)C(=O)NCC(=O)O. The lowest BCUT2D eigenvalue weighted by Crippen LogP contribution is -2.34. The van der Waals surface area contributed by atoms with Gasteiger partial charge in [0.1, 0.15) is 6.54 Å². The lowest BCUT2D eigenvalue weighted by Gasteiger charge is -2.12. The molecule has 1 unspecified atom stereocenters. The van der Waals surface area contributed by atoms with Crippen molar-refractivity contribution in [1.29, 1.82) is 0 Å². The summed E-state index contributed by atoms with van der Waals surface area (Å²) in [5, 5.41) is 10.7. The minimum Gasteiger partial charge on any atom is -0.480 e. The molecule has 0 aliphatic rings. The smallest absolute Gasteiger partial charge is 0.322 e. The lowest BCUT2D eigenvalue weighted by molar-refractivity contribution is -0.138. The average Bonchev–Trinajstić information content (AvgIpc) is 2.10. The van der Waals surface area contributed by atoms with Crippen LogP contribution in [0, 0.1) is 5.92 Å². The number of amides is 1. The van der Waals surface area contributed by atoms with Gasteiger partial charge in [-0.1, -0.05) is 20.3 Å². The van der Waals surface area contributed by atoms with Crippen molar-refractivity contribution in [1.82, 2.24) is 5.32 Å². The third kappa shape index (κ3) is 5.22. The molecule has 0 saturated carbocycles. The Morgan fingerprint density at radius 1 is 1.38 bits per heavy atom. The van der Waals surface area contributed by atoms with Gasteiger partial charge in [-0.2, -0.15) is 0 Å². The van der Waals surface area contributed by atoms with Crippen molar-refractivity contribution in [2.75, 3.05) is 6.54 Å². The number of aliphatic carboxylic acids is 1. The Hall–Kier alpha value is -1.06. The fourth-order valence-electron chi connectivity index (χ4n) is 1.18. The van der Waals surface area contributed by atoms with Gasteiger partial charge in [0.25, 0.3) is 0 Å². The summed E-state index contributed by atoms with van der Waals surface area (Å²) >= 11 is 0. The molecule has 4 nitrogen and oxygen atoms in total. The molecule has 0 rings (SSSR count). The first kappa shape index (κ1) is 11.9. The fourth-order valence-corrected chi connectivity index (χ4v) is 1.18. The van der Waals surface area contributed by atoms with Crippen LogP contribution in [0.5, 0.6) is 0 Å². The number of carbonyl (C=O) groups is 2. The van der Waals surface area contributed by atoms with Gasteiger partial charge in [0.2, 0.25) is 5.91 Å². The molecule has 0 radical (unpaired) electrons. The second-order valence-corrected chi connectivity index (χ2v) is 3.01.